The summed E-state index contributed by atoms with van der Waals surface area (Å²) in [6.07, 6.45) is 0. The van der Waals surface area contributed by atoms with Crippen LogP contribution in [-0.2, 0) is 20.0 Å². The summed E-state index contributed by atoms with van der Waals surface area (Å²) >= 11 is 0. The second kappa shape index (κ2) is 10.8. The second-order valence-corrected chi connectivity index (χ2v) is 11.2. The van der Waals surface area contributed by atoms with Crippen LogP contribution in [0.2, 0.25) is 0 Å². The first-order valence-electron chi connectivity index (χ1n) is 10.9. The van der Waals surface area contributed by atoms with Crippen LogP contribution in [0, 0.1) is 20.2 Å². The highest BCUT2D eigenvalue weighted by molar-refractivity contribution is 7.93. The Hall–Kier alpha value is -5.02. The first-order chi connectivity index (χ1) is 18.4. The van der Waals surface area contributed by atoms with Gasteiger partial charge < -0.3 is 4.74 Å². The summed E-state index contributed by atoms with van der Waals surface area (Å²) in [7, 11) is -8.08. The van der Waals surface area contributed by atoms with Crippen molar-refractivity contribution in [3.63, 3.8) is 0 Å². The van der Waals surface area contributed by atoms with Gasteiger partial charge in [0, 0.05) is 24.3 Å². The lowest BCUT2D eigenvalue weighted by molar-refractivity contribution is -0.385. The normalized spacial score (nSPS) is 11.4. The van der Waals surface area contributed by atoms with Crippen molar-refractivity contribution >= 4 is 42.8 Å². The number of nitrogens with zero attached hydrogens (tertiary/aromatic N) is 2. The van der Waals surface area contributed by atoms with E-state index in [0.29, 0.717) is 0 Å². The van der Waals surface area contributed by atoms with Crippen molar-refractivity contribution in [2.24, 2.45) is 0 Å². The van der Waals surface area contributed by atoms with Gasteiger partial charge in [-0.05, 0) is 60.7 Å². The minimum absolute atomic E-state index is 0.0274. The van der Waals surface area contributed by atoms with Crippen LogP contribution in [0.15, 0.2) is 107 Å². The lowest BCUT2D eigenvalue weighted by Crippen LogP contribution is -2.13. The van der Waals surface area contributed by atoms with Gasteiger partial charge in [-0.3, -0.25) is 29.7 Å². The van der Waals surface area contributed by atoms with Gasteiger partial charge in [0.15, 0.2) is 0 Å². The number of nitrogens with one attached hydrogen (secondary N) is 2. The smallest absolute Gasteiger partial charge is 0.271 e. The number of sulfonamides is 2. The van der Waals surface area contributed by atoms with Crippen LogP contribution in [0.5, 0.6) is 11.5 Å². The average molecular weight is 571 g/mol. The molecule has 0 spiro atoms. The van der Waals surface area contributed by atoms with Crippen LogP contribution in [0.3, 0.4) is 0 Å². The minimum Gasteiger partial charge on any atom is -0.457 e. The van der Waals surface area contributed by atoms with E-state index >= 15 is 0 Å². The van der Waals surface area contributed by atoms with Crippen molar-refractivity contribution in [2.45, 2.75) is 9.79 Å². The molecule has 2 N–H and O–H groups in total. The number of anilines is 2. The molecule has 0 aliphatic rings. The molecule has 4 rings (SSSR count). The van der Waals surface area contributed by atoms with Crippen molar-refractivity contribution in [3.05, 3.63) is 117 Å². The van der Waals surface area contributed by atoms with Gasteiger partial charge in [-0.25, -0.2) is 16.8 Å². The standard InChI is InChI=1S/C24H18N4O9S2/c29-27(30)19-5-1-3-17(15-19)25-38(33,34)23-11-7-21(8-12-23)37-22-9-13-24(14-10-22)39(35,36)26-18-4-2-6-20(16-18)28(31)32/h1-16,25-26H. The number of benzene rings is 4. The van der Waals surface area contributed by atoms with E-state index in [2.05, 4.69) is 9.44 Å². The Kier molecular flexibility index (Phi) is 7.46. The van der Waals surface area contributed by atoms with Crippen molar-refractivity contribution in [1.82, 2.24) is 0 Å². The molecule has 13 nitrogen and oxygen atoms in total. The number of non-ortho nitro benzene ring substituents is 2. The zero-order valence-corrected chi connectivity index (χ0v) is 21.3. The van der Waals surface area contributed by atoms with Crippen molar-refractivity contribution in [2.75, 3.05) is 9.44 Å². The molecule has 0 heterocycles. The number of rotatable bonds is 10. The largest absolute Gasteiger partial charge is 0.457 e. The quantitative estimate of drug-likeness (QED) is 0.197. The van der Waals surface area contributed by atoms with Gasteiger partial charge in [-0.1, -0.05) is 12.1 Å². The zero-order chi connectivity index (χ0) is 28.2. The molecule has 0 fully saturated rings. The molecule has 200 valence electrons. The van der Waals surface area contributed by atoms with Gasteiger partial charge in [-0.2, -0.15) is 0 Å². The van der Waals surface area contributed by atoms with Gasteiger partial charge in [0.2, 0.25) is 0 Å². The maximum absolute atomic E-state index is 12.6. The van der Waals surface area contributed by atoms with Crippen molar-refractivity contribution in [1.29, 1.82) is 0 Å². The Morgan fingerprint density at radius 2 is 0.923 bits per heavy atom. The van der Waals surface area contributed by atoms with Gasteiger partial charge in [-0.15, -0.1) is 0 Å². The van der Waals surface area contributed by atoms with E-state index < -0.39 is 29.9 Å². The molecule has 15 heteroatoms. The maximum Gasteiger partial charge on any atom is 0.271 e. The van der Waals surface area contributed by atoms with Crippen LogP contribution < -0.4 is 14.2 Å². The van der Waals surface area contributed by atoms with E-state index in [1.807, 2.05) is 0 Å². The Balaban J connectivity index is 1.43. The van der Waals surface area contributed by atoms with Crippen LogP contribution in [-0.4, -0.2) is 26.7 Å². The summed E-state index contributed by atoms with van der Waals surface area (Å²) in [5, 5.41) is 21.8. The van der Waals surface area contributed by atoms with Gasteiger partial charge in [0.1, 0.15) is 11.5 Å². The lowest BCUT2D eigenvalue weighted by atomic mass is 10.3. The Bertz CT molecular complexity index is 1630. The molecule has 4 aromatic carbocycles. The molecule has 39 heavy (non-hydrogen) atoms. The highest BCUT2D eigenvalue weighted by atomic mass is 32.2. The van der Waals surface area contributed by atoms with E-state index in [9.17, 15) is 37.1 Å². The molecule has 0 unspecified atom stereocenters. The van der Waals surface area contributed by atoms with Crippen LogP contribution in [0.4, 0.5) is 22.7 Å². The molecule has 4 aromatic rings. The SMILES string of the molecule is O=[N+]([O-])c1cccc(NS(=O)(=O)c2ccc(Oc3ccc(S(=O)(=O)Nc4cccc([N+](=O)[O-])c4)cc3)cc2)c1. The fourth-order valence-electron chi connectivity index (χ4n) is 3.30. The number of hydrogen-bond donors (Lipinski definition) is 2. The number of ether oxygens (including phenoxy) is 1. The number of hydrogen-bond acceptors (Lipinski definition) is 9. The third-order valence-electron chi connectivity index (χ3n) is 5.12. The maximum atomic E-state index is 12.6. The summed E-state index contributed by atoms with van der Waals surface area (Å²) in [6, 6.07) is 20.8. The molecule has 0 aliphatic carbocycles. The molecule has 0 atom stereocenters. The van der Waals surface area contributed by atoms with Gasteiger partial charge >= 0.3 is 0 Å². The van der Waals surface area contributed by atoms with E-state index in [-0.39, 0.29) is 44.0 Å². The van der Waals surface area contributed by atoms with Gasteiger partial charge in [0.05, 0.1) is 31.0 Å². The predicted molar refractivity (Wildman–Crippen MR) is 141 cm³/mol. The molecular weight excluding hydrogens is 552 g/mol. The highest BCUT2D eigenvalue weighted by Crippen LogP contribution is 2.27. The molecule has 0 aliphatic heterocycles. The molecule has 0 saturated heterocycles. The van der Waals surface area contributed by atoms with Gasteiger partial charge in [0.25, 0.3) is 31.4 Å². The topological polar surface area (TPSA) is 188 Å². The monoisotopic (exact) mass is 570 g/mol. The van der Waals surface area contributed by atoms with Crippen LogP contribution in [0.1, 0.15) is 0 Å². The van der Waals surface area contributed by atoms with Crippen LogP contribution in [0.25, 0.3) is 0 Å². The predicted octanol–water partition coefficient (Wildman–Crippen LogP) is 4.90. The van der Waals surface area contributed by atoms with E-state index in [4.69, 9.17) is 4.74 Å². The molecule has 0 saturated carbocycles. The first-order valence-corrected chi connectivity index (χ1v) is 13.8. The minimum atomic E-state index is -4.04. The Labute approximate surface area is 222 Å². The molecule has 0 bridgehead atoms. The summed E-state index contributed by atoms with van der Waals surface area (Å²) in [5.74, 6) is 0.518. The summed E-state index contributed by atoms with van der Waals surface area (Å²) < 4.78 is 60.8. The molecule has 0 radical (unpaired) electrons. The molecule has 0 amide bonds. The fourth-order valence-corrected chi connectivity index (χ4v) is 5.40. The Morgan fingerprint density at radius 1 is 0.564 bits per heavy atom. The molecule has 0 aromatic heterocycles. The van der Waals surface area contributed by atoms with Crippen LogP contribution >= 0.6 is 0 Å². The second-order valence-electron chi connectivity index (χ2n) is 7.87. The third kappa shape index (κ3) is 6.65. The van der Waals surface area contributed by atoms with E-state index in [1.54, 1.807) is 0 Å². The Morgan fingerprint density at radius 3 is 1.26 bits per heavy atom. The summed E-state index contributed by atoms with van der Waals surface area (Å²) in [4.78, 5) is 20.3. The molecular formula is C24H18N4O9S2. The number of nitro groups is 2. The van der Waals surface area contributed by atoms with Crippen molar-refractivity contribution < 1.29 is 31.4 Å². The fraction of sp³-hybridized carbons (Fsp3) is 0. The first kappa shape index (κ1) is 27.0. The summed E-state index contributed by atoms with van der Waals surface area (Å²) in [5.41, 5.74) is -0.478. The van der Waals surface area contributed by atoms with Crippen molar-refractivity contribution in [3.8, 4) is 11.5 Å². The highest BCUT2D eigenvalue weighted by Gasteiger charge is 2.18. The summed E-state index contributed by atoms with van der Waals surface area (Å²) in [6.45, 7) is 0. The van der Waals surface area contributed by atoms with E-state index in [0.717, 1.165) is 12.1 Å². The lowest BCUT2D eigenvalue weighted by Gasteiger charge is -2.11. The average Bonchev–Trinajstić information content (AvgIpc) is 2.89. The van der Waals surface area contributed by atoms with E-state index in [1.165, 1.54) is 84.9 Å². The number of nitro benzene ring substituents is 2. The third-order valence-corrected chi connectivity index (χ3v) is 7.92. The zero-order valence-electron chi connectivity index (χ0n) is 19.6.